The maximum absolute atomic E-state index is 13.3. The van der Waals surface area contributed by atoms with Crippen LogP contribution < -0.4 is 0 Å². The normalized spacial score (nSPS) is 23.4. The topological polar surface area (TPSA) is 54.4 Å². The molecule has 0 saturated heterocycles. The Morgan fingerprint density at radius 2 is 1.75 bits per heavy atom. The first-order chi connectivity index (χ1) is 7.11. The molecule has 0 aliphatic heterocycles. The minimum absolute atomic E-state index is 0.182. The Kier molecular flexibility index (Phi) is 3.35. The lowest BCUT2D eigenvalue weighted by molar-refractivity contribution is -0.194. The van der Waals surface area contributed by atoms with Crippen LogP contribution in [-0.4, -0.2) is 24.1 Å². The molecule has 1 aliphatic carbocycles. The summed E-state index contributed by atoms with van der Waals surface area (Å²) in [6.07, 6.45) is 2.45. The second-order valence-corrected chi connectivity index (χ2v) is 5.06. The summed E-state index contributed by atoms with van der Waals surface area (Å²) in [4.78, 5) is 0. The lowest BCUT2D eigenvalue weighted by Gasteiger charge is -2.31. The van der Waals surface area contributed by atoms with Crippen LogP contribution in [0.3, 0.4) is 0 Å². The van der Waals surface area contributed by atoms with Crippen LogP contribution in [0.25, 0.3) is 0 Å². The van der Waals surface area contributed by atoms with Gasteiger partial charge in [0.15, 0.2) is 0 Å². The van der Waals surface area contributed by atoms with Crippen molar-refractivity contribution in [2.45, 2.75) is 30.4 Å². The van der Waals surface area contributed by atoms with E-state index in [1.165, 1.54) is 6.08 Å². The smallest absolute Gasteiger partial charge is 0.281 e. The van der Waals surface area contributed by atoms with E-state index in [1.807, 2.05) is 0 Å². The first kappa shape index (κ1) is 13.4. The Hall–Kier alpha value is -0.630. The second-order valence-electron chi connectivity index (χ2n) is 3.60. The maximum Gasteiger partial charge on any atom is 0.431 e. The van der Waals surface area contributed by atoms with E-state index in [4.69, 9.17) is 4.55 Å². The predicted molar refractivity (Wildman–Crippen MR) is 47.9 cm³/mol. The van der Waals surface area contributed by atoms with E-state index in [2.05, 4.69) is 0 Å². The van der Waals surface area contributed by atoms with Gasteiger partial charge in [-0.2, -0.15) is 26.0 Å². The van der Waals surface area contributed by atoms with Crippen molar-refractivity contribution in [3.63, 3.8) is 0 Å². The molecule has 0 fully saturated rings. The van der Waals surface area contributed by atoms with Crippen LogP contribution in [0, 0.1) is 5.92 Å². The molecular weight excluding hydrogens is 252 g/mol. The summed E-state index contributed by atoms with van der Waals surface area (Å²) in [6, 6.07) is 0. The molecule has 0 spiro atoms. The van der Waals surface area contributed by atoms with Gasteiger partial charge in [-0.15, -0.1) is 0 Å². The number of rotatable bonds is 3. The van der Waals surface area contributed by atoms with Crippen LogP contribution in [0.2, 0.25) is 0 Å². The molecule has 1 unspecified atom stereocenters. The van der Waals surface area contributed by atoms with Gasteiger partial charge in [-0.1, -0.05) is 12.2 Å². The average Bonchev–Trinajstić information content (AvgIpc) is 2.17. The summed E-state index contributed by atoms with van der Waals surface area (Å²) >= 11 is 0. The van der Waals surface area contributed by atoms with Gasteiger partial charge in [0.1, 0.15) is 0 Å². The van der Waals surface area contributed by atoms with Crippen LogP contribution in [0.1, 0.15) is 19.3 Å². The highest BCUT2D eigenvalue weighted by Gasteiger charge is 2.68. The maximum atomic E-state index is 13.3. The zero-order valence-corrected chi connectivity index (χ0v) is 8.85. The Bertz CT molecular complexity index is 388. The van der Waals surface area contributed by atoms with Crippen molar-refractivity contribution in [2.24, 2.45) is 5.92 Å². The quantitative estimate of drug-likeness (QED) is 0.483. The van der Waals surface area contributed by atoms with Crippen molar-refractivity contribution in [3.8, 4) is 0 Å². The monoisotopic (exact) mass is 262 g/mol. The molecule has 0 saturated carbocycles. The molecule has 0 aromatic carbocycles. The van der Waals surface area contributed by atoms with Crippen LogP contribution >= 0.6 is 0 Å². The van der Waals surface area contributed by atoms with Crippen molar-refractivity contribution >= 4 is 10.1 Å². The average molecular weight is 262 g/mol. The summed E-state index contributed by atoms with van der Waals surface area (Å²) in [7, 11) is -6.12. The van der Waals surface area contributed by atoms with Crippen LogP contribution in [-0.2, 0) is 10.1 Å². The molecule has 0 aromatic heterocycles. The van der Waals surface area contributed by atoms with Gasteiger partial charge in [-0.3, -0.25) is 4.55 Å². The minimum atomic E-state index is -6.12. The molecule has 1 aliphatic rings. The largest absolute Gasteiger partial charge is 0.431 e. The van der Waals surface area contributed by atoms with Crippen molar-refractivity contribution in [1.82, 2.24) is 0 Å². The fourth-order valence-corrected chi connectivity index (χ4v) is 2.04. The lowest BCUT2D eigenvalue weighted by atomic mass is 9.88. The summed E-state index contributed by atoms with van der Waals surface area (Å²) in [6.45, 7) is 0. The van der Waals surface area contributed by atoms with Crippen LogP contribution in [0.4, 0.5) is 17.6 Å². The number of halogens is 4. The Balaban J connectivity index is 3.05. The fraction of sp³-hybridized carbons (Fsp3) is 0.750. The summed E-state index contributed by atoms with van der Waals surface area (Å²) in [5.41, 5.74) is 0. The molecule has 1 atom stereocenters. The van der Waals surface area contributed by atoms with Crippen molar-refractivity contribution in [2.75, 3.05) is 0 Å². The SMILES string of the molecule is O=S(=O)(O)C(F)(F)C(F)(F)C1CC=CCC1. The minimum Gasteiger partial charge on any atom is -0.281 e. The molecule has 16 heavy (non-hydrogen) atoms. The molecule has 0 bridgehead atoms. The van der Waals surface area contributed by atoms with E-state index < -0.39 is 27.2 Å². The van der Waals surface area contributed by atoms with Gasteiger partial charge in [-0.05, 0) is 19.3 Å². The highest BCUT2D eigenvalue weighted by Crippen LogP contribution is 2.47. The van der Waals surface area contributed by atoms with Crippen LogP contribution in [0.5, 0.6) is 0 Å². The van der Waals surface area contributed by atoms with E-state index in [-0.39, 0.29) is 19.3 Å². The molecule has 1 N–H and O–H groups in total. The zero-order valence-electron chi connectivity index (χ0n) is 8.04. The van der Waals surface area contributed by atoms with Gasteiger partial charge in [0, 0.05) is 5.92 Å². The van der Waals surface area contributed by atoms with Crippen molar-refractivity contribution in [1.29, 1.82) is 0 Å². The third-order valence-corrected chi connectivity index (χ3v) is 3.41. The number of hydrogen-bond acceptors (Lipinski definition) is 2. The summed E-state index contributed by atoms with van der Waals surface area (Å²) < 4.78 is 80.9. The van der Waals surface area contributed by atoms with E-state index in [1.54, 1.807) is 6.08 Å². The lowest BCUT2D eigenvalue weighted by Crippen LogP contribution is -2.51. The molecule has 0 heterocycles. The molecule has 0 amide bonds. The van der Waals surface area contributed by atoms with E-state index in [0.29, 0.717) is 0 Å². The zero-order chi connectivity index (χ0) is 12.6. The Morgan fingerprint density at radius 3 is 2.12 bits per heavy atom. The van der Waals surface area contributed by atoms with Gasteiger partial charge in [0.2, 0.25) is 0 Å². The fourth-order valence-electron chi connectivity index (χ4n) is 1.53. The highest BCUT2D eigenvalue weighted by molar-refractivity contribution is 7.87. The van der Waals surface area contributed by atoms with Crippen LogP contribution in [0.15, 0.2) is 12.2 Å². The number of allylic oxidation sites excluding steroid dienone is 2. The van der Waals surface area contributed by atoms with E-state index in [9.17, 15) is 26.0 Å². The van der Waals surface area contributed by atoms with Gasteiger partial charge in [-0.25, -0.2) is 0 Å². The molecular formula is C8H10F4O3S. The molecule has 0 aromatic rings. The Morgan fingerprint density at radius 1 is 1.19 bits per heavy atom. The van der Waals surface area contributed by atoms with Crippen molar-refractivity contribution in [3.05, 3.63) is 12.2 Å². The summed E-state index contributed by atoms with van der Waals surface area (Å²) in [5.74, 6) is -6.56. The predicted octanol–water partition coefficient (Wildman–Crippen LogP) is 2.46. The molecule has 3 nitrogen and oxygen atoms in total. The Labute approximate surface area is 89.9 Å². The third kappa shape index (κ3) is 2.08. The second kappa shape index (κ2) is 3.99. The van der Waals surface area contributed by atoms with Gasteiger partial charge in [0.05, 0.1) is 0 Å². The number of alkyl halides is 4. The third-order valence-electron chi connectivity index (χ3n) is 2.49. The van der Waals surface area contributed by atoms with Gasteiger partial charge < -0.3 is 0 Å². The number of hydrogen-bond donors (Lipinski definition) is 1. The van der Waals surface area contributed by atoms with E-state index in [0.717, 1.165) is 0 Å². The summed E-state index contributed by atoms with van der Waals surface area (Å²) in [5, 5.41) is -5.45. The van der Waals surface area contributed by atoms with Crippen molar-refractivity contribution < 1.29 is 30.5 Å². The highest BCUT2D eigenvalue weighted by atomic mass is 32.2. The first-order valence-corrected chi connectivity index (χ1v) is 5.92. The molecule has 8 heteroatoms. The van der Waals surface area contributed by atoms with Gasteiger partial charge >= 0.3 is 21.3 Å². The molecule has 1 rings (SSSR count). The van der Waals surface area contributed by atoms with E-state index >= 15 is 0 Å². The molecule has 94 valence electrons. The molecule has 0 radical (unpaired) electrons. The first-order valence-electron chi connectivity index (χ1n) is 4.48. The van der Waals surface area contributed by atoms with Gasteiger partial charge in [0.25, 0.3) is 0 Å². The standard InChI is InChI=1S/C8H10F4O3S/c9-7(10,6-4-2-1-3-5-6)8(11,12)16(13,14)15/h1-2,6H,3-5H2,(H,13,14,15).